The minimum Gasteiger partial charge on any atom is -0.478 e. The molecule has 0 aliphatic heterocycles. The zero-order valence-corrected chi connectivity index (χ0v) is 11.7. The summed E-state index contributed by atoms with van der Waals surface area (Å²) in [6.45, 7) is 5.30. The first-order chi connectivity index (χ1) is 9.08. The number of aromatic carboxylic acids is 1. The fraction of sp³-hybridized carbons (Fsp3) is 0.600. The molecule has 19 heavy (non-hydrogen) atoms. The summed E-state index contributed by atoms with van der Waals surface area (Å²) in [5, 5.41) is 9.09. The first-order valence-corrected chi connectivity index (χ1v) is 7.04. The summed E-state index contributed by atoms with van der Waals surface area (Å²) >= 11 is 0. The number of carbonyl (C=O) groups is 1. The largest absolute Gasteiger partial charge is 0.478 e. The number of pyridine rings is 1. The van der Waals surface area contributed by atoms with Gasteiger partial charge in [0, 0.05) is 18.8 Å². The fourth-order valence-electron chi connectivity index (χ4n) is 2.75. The van der Waals surface area contributed by atoms with Crippen LogP contribution < -0.4 is 4.90 Å². The molecule has 1 saturated carbocycles. The molecule has 104 valence electrons. The summed E-state index contributed by atoms with van der Waals surface area (Å²) in [6, 6.07) is 3.76. The SMILES string of the molecule is CC(C)CN(c1cc(C(=O)O)ccn1)C1CCCC1. The molecule has 0 spiro atoms. The van der Waals surface area contributed by atoms with Gasteiger partial charge in [-0.3, -0.25) is 0 Å². The molecule has 2 rings (SSSR count). The van der Waals surface area contributed by atoms with Crippen molar-refractivity contribution in [1.82, 2.24) is 4.98 Å². The Labute approximate surface area is 114 Å². The van der Waals surface area contributed by atoms with Gasteiger partial charge in [0.2, 0.25) is 0 Å². The summed E-state index contributed by atoms with van der Waals surface area (Å²) in [5.74, 6) is 0.455. The number of anilines is 1. The van der Waals surface area contributed by atoms with Gasteiger partial charge in [-0.1, -0.05) is 26.7 Å². The van der Waals surface area contributed by atoms with Gasteiger partial charge in [-0.05, 0) is 30.9 Å². The van der Waals surface area contributed by atoms with E-state index in [1.807, 2.05) is 0 Å². The van der Waals surface area contributed by atoms with Crippen molar-refractivity contribution in [2.24, 2.45) is 5.92 Å². The van der Waals surface area contributed by atoms with Crippen molar-refractivity contribution in [1.29, 1.82) is 0 Å². The van der Waals surface area contributed by atoms with Crippen molar-refractivity contribution in [2.75, 3.05) is 11.4 Å². The van der Waals surface area contributed by atoms with Crippen LogP contribution >= 0.6 is 0 Å². The topological polar surface area (TPSA) is 53.4 Å². The van der Waals surface area contributed by atoms with Crippen molar-refractivity contribution < 1.29 is 9.90 Å². The Hall–Kier alpha value is -1.58. The molecule has 4 nitrogen and oxygen atoms in total. The molecule has 1 aromatic rings. The second kappa shape index (κ2) is 6.04. The van der Waals surface area contributed by atoms with Gasteiger partial charge in [0.05, 0.1) is 5.56 Å². The summed E-state index contributed by atoms with van der Waals surface area (Å²) in [5.41, 5.74) is 0.316. The van der Waals surface area contributed by atoms with Gasteiger partial charge >= 0.3 is 5.97 Å². The number of carboxylic acid groups (broad SMARTS) is 1. The van der Waals surface area contributed by atoms with Crippen LogP contribution in [0, 0.1) is 5.92 Å². The van der Waals surface area contributed by atoms with Crippen LogP contribution in [0.5, 0.6) is 0 Å². The van der Waals surface area contributed by atoms with Gasteiger partial charge in [0.1, 0.15) is 5.82 Å². The second-order valence-corrected chi connectivity index (χ2v) is 5.69. The number of hydrogen-bond donors (Lipinski definition) is 1. The first kappa shape index (κ1) is 13.8. The maximum atomic E-state index is 11.1. The quantitative estimate of drug-likeness (QED) is 0.885. The van der Waals surface area contributed by atoms with E-state index in [0.29, 0.717) is 17.5 Å². The zero-order chi connectivity index (χ0) is 13.8. The van der Waals surface area contributed by atoms with Crippen LogP contribution in [-0.4, -0.2) is 28.6 Å². The Morgan fingerprint density at radius 3 is 2.74 bits per heavy atom. The maximum Gasteiger partial charge on any atom is 0.335 e. The molecular weight excluding hydrogens is 240 g/mol. The number of carboxylic acids is 1. The molecule has 0 bridgehead atoms. The summed E-state index contributed by atoms with van der Waals surface area (Å²) in [6.07, 6.45) is 6.49. The van der Waals surface area contributed by atoms with Crippen molar-refractivity contribution in [3.63, 3.8) is 0 Å². The molecular formula is C15H22N2O2. The predicted octanol–water partition coefficient (Wildman–Crippen LogP) is 3.18. The lowest BCUT2D eigenvalue weighted by atomic mass is 10.1. The third-order valence-electron chi connectivity index (χ3n) is 3.61. The monoisotopic (exact) mass is 262 g/mol. The maximum absolute atomic E-state index is 11.1. The standard InChI is InChI=1S/C15H22N2O2/c1-11(2)10-17(13-5-3-4-6-13)14-9-12(15(18)19)7-8-16-14/h7-9,11,13H,3-6,10H2,1-2H3,(H,18,19). The van der Waals surface area contributed by atoms with Crippen molar-refractivity contribution in [3.05, 3.63) is 23.9 Å². The molecule has 0 unspecified atom stereocenters. The van der Waals surface area contributed by atoms with E-state index in [9.17, 15) is 4.79 Å². The van der Waals surface area contributed by atoms with E-state index in [-0.39, 0.29) is 0 Å². The third kappa shape index (κ3) is 3.46. The van der Waals surface area contributed by atoms with Crippen LogP contribution in [0.1, 0.15) is 49.9 Å². The normalized spacial score (nSPS) is 15.9. The van der Waals surface area contributed by atoms with Crippen LogP contribution in [-0.2, 0) is 0 Å². The van der Waals surface area contributed by atoms with Crippen LogP contribution in [0.25, 0.3) is 0 Å². The van der Waals surface area contributed by atoms with Gasteiger partial charge in [-0.2, -0.15) is 0 Å². The van der Waals surface area contributed by atoms with E-state index in [0.717, 1.165) is 12.4 Å². The molecule has 1 aromatic heterocycles. The smallest absolute Gasteiger partial charge is 0.335 e. The molecule has 0 atom stereocenters. The van der Waals surface area contributed by atoms with E-state index in [4.69, 9.17) is 5.11 Å². The van der Waals surface area contributed by atoms with Gasteiger partial charge < -0.3 is 10.0 Å². The Morgan fingerprint density at radius 2 is 2.16 bits per heavy atom. The van der Waals surface area contributed by atoms with Crippen LogP contribution in [0.4, 0.5) is 5.82 Å². The molecule has 0 amide bonds. The van der Waals surface area contributed by atoms with Crippen LogP contribution in [0.3, 0.4) is 0 Å². The van der Waals surface area contributed by atoms with Crippen LogP contribution in [0.15, 0.2) is 18.3 Å². The van der Waals surface area contributed by atoms with Crippen molar-refractivity contribution >= 4 is 11.8 Å². The molecule has 0 aromatic carbocycles. The van der Waals surface area contributed by atoms with E-state index in [2.05, 4.69) is 23.7 Å². The van der Waals surface area contributed by atoms with E-state index < -0.39 is 5.97 Å². The first-order valence-electron chi connectivity index (χ1n) is 7.04. The van der Waals surface area contributed by atoms with Gasteiger partial charge in [-0.25, -0.2) is 9.78 Å². The van der Waals surface area contributed by atoms with E-state index in [1.54, 1.807) is 18.3 Å². The average Bonchev–Trinajstić information content (AvgIpc) is 2.89. The lowest BCUT2D eigenvalue weighted by Crippen LogP contribution is -2.37. The molecule has 1 aliphatic rings. The minimum absolute atomic E-state index is 0.316. The number of aromatic nitrogens is 1. The molecule has 1 fully saturated rings. The highest BCUT2D eigenvalue weighted by Gasteiger charge is 2.24. The molecule has 4 heteroatoms. The molecule has 1 aliphatic carbocycles. The molecule has 0 saturated heterocycles. The Balaban J connectivity index is 2.25. The van der Waals surface area contributed by atoms with Gasteiger partial charge in [0.25, 0.3) is 0 Å². The summed E-state index contributed by atoms with van der Waals surface area (Å²) in [4.78, 5) is 17.8. The lowest BCUT2D eigenvalue weighted by Gasteiger charge is -2.31. The van der Waals surface area contributed by atoms with E-state index in [1.165, 1.54) is 25.7 Å². The average molecular weight is 262 g/mol. The van der Waals surface area contributed by atoms with Crippen molar-refractivity contribution in [2.45, 2.75) is 45.6 Å². The van der Waals surface area contributed by atoms with E-state index >= 15 is 0 Å². The van der Waals surface area contributed by atoms with Gasteiger partial charge in [0.15, 0.2) is 0 Å². The zero-order valence-electron chi connectivity index (χ0n) is 11.7. The predicted molar refractivity (Wildman–Crippen MR) is 75.6 cm³/mol. The number of nitrogens with zero attached hydrogens (tertiary/aromatic N) is 2. The highest BCUT2D eigenvalue weighted by atomic mass is 16.4. The van der Waals surface area contributed by atoms with Gasteiger partial charge in [-0.15, -0.1) is 0 Å². The number of hydrogen-bond acceptors (Lipinski definition) is 3. The lowest BCUT2D eigenvalue weighted by molar-refractivity contribution is 0.0697. The highest BCUT2D eigenvalue weighted by molar-refractivity contribution is 5.88. The minimum atomic E-state index is -0.889. The Bertz CT molecular complexity index is 440. The molecule has 1 heterocycles. The number of rotatable bonds is 5. The molecule has 1 N–H and O–H groups in total. The molecule has 0 radical (unpaired) electrons. The van der Waals surface area contributed by atoms with Crippen LogP contribution in [0.2, 0.25) is 0 Å². The third-order valence-corrected chi connectivity index (χ3v) is 3.61. The fourth-order valence-corrected chi connectivity index (χ4v) is 2.75. The Kier molecular flexibility index (Phi) is 4.40. The Morgan fingerprint density at radius 1 is 1.47 bits per heavy atom. The van der Waals surface area contributed by atoms with Crippen molar-refractivity contribution in [3.8, 4) is 0 Å². The highest BCUT2D eigenvalue weighted by Crippen LogP contribution is 2.28. The second-order valence-electron chi connectivity index (χ2n) is 5.69. The summed E-state index contributed by atoms with van der Waals surface area (Å²) < 4.78 is 0. The summed E-state index contributed by atoms with van der Waals surface area (Å²) in [7, 11) is 0.